The van der Waals surface area contributed by atoms with Gasteiger partial charge in [0, 0.05) is 24.3 Å². The fourth-order valence-electron chi connectivity index (χ4n) is 3.41. The predicted molar refractivity (Wildman–Crippen MR) is 99.1 cm³/mol. The SMILES string of the molecule is O=C(O)C1CCCN(c2ccc(Cl)c(-c3nc4ccc(F)cc4[nH]3)c2)C1. The molecule has 134 valence electrons. The molecule has 2 N–H and O–H groups in total. The van der Waals surface area contributed by atoms with Crippen LogP contribution in [-0.4, -0.2) is 34.1 Å². The van der Waals surface area contributed by atoms with E-state index in [1.807, 2.05) is 12.1 Å². The van der Waals surface area contributed by atoms with Crippen molar-refractivity contribution in [3.05, 3.63) is 47.2 Å². The van der Waals surface area contributed by atoms with E-state index in [1.54, 1.807) is 12.1 Å². The van der Waals surface area contributed by atoms with Gasteiger partial charge in [-0.25, -0.2) is 9.37 Å². The van der Waals surface area contributed by atoms with Gasteiger partial charge in [-0.3, -0.25) is 4.79 Å². The van der Waals surface area contributed by atoms with Gasteiger partial charge in [-0.2, -0.15) is 0 Å². The fourth-order valence-corrected chi connectivity index (χ4v) is 3.62. The number of nitrogens with one attached hydrogen (secondary N) is 1. The van der Waals surface area contributed by atoms with Gasteiger partial charge in [-0.15, -0.1) is 0 Å². The second kappa shape index (κ2) is 6.61. The number of aromatic amines is 1. The summed E-state index contributed by atoms with van der Waals surface area (Å²) < 4.78 is 13.4. The third kappa shape index (κ3) is 3.12. The number of benzene rings is 2. The van der Waals surface area contributed by atoms with E-state index in [9.17, 15) is 14.3 Å². The predicted octanol–water partition coefficient (Wildman–Crippen LogP) is 4.32. The molecule has 5 nitrogen and oxygen atoms in total. The number of hydrogen-bond donors (Lipinski definition) is 2. The summed E-state index contributed by atoms with van der Waals surface area (Å²) >= 11 is 6.36. The van der Waals surface area contributed by atoms with Crippen LogP contribution in [0.15, 0.2) is 36.4 Å². The maximum absolute atomic E-state index is 13.4. The van der Waals surface area contributed by atoms with Gasteiger partial charge in [0.2, 0.25) is 0 Å². The van der Waals surface area contributed by atoms with Crippen LogP contribution in [0.5, 0.6) is 0 Å². The zero-order valence-electron chi connectivity index (χ0n) is 13.9. The highest BCUT2D eigenvalue weighted by Gasteiger charge is 2.26. The number of halogens is 2. The lowest BCUT2D eigenvalue weighted by atomic mass is 9.97. The van der Waals surface area contributed by atoms with E-state index in [0.29, 0.717) is 40.4 Å². The Balaban J connectivity index is 1.70. The van der Waals surface area contributed by atoms with Crippen LogP contribution in [0, 0.1) is 11.7 Å². The largest absolute Gasteiger partial charge is 0.481 e. The highest BCUT2D eigenvalue weighted by Crippen LogP contribution is 2.33. The summed E-state index contributed by atoms with van der Waals surface area (Å²) in [7, 11) is 0. The molecule has 26 heavy (non-hydrogen) atoms. The highest BCUT2D eigenvalue weighted by molar-refractivity contribution is 6.33. The van der Waals surface area contributed by atoms with Crippen LogP contribution in [0.4, 0.5) is 10.1 Å². The maximum Gasteiger partial charge on any atom is 0.308 e. The van der Waals surface area contributed by atoms with Crippen molar-refractivity contribution in [2.75, 3.05) is 18.0 Å². The number of nitrogens with zero attached hydrogens (tertiary/aromatic N) is 2. The molecule has 0 bridgehead atoms. The van der Waals surface area contributed by atoms with Crippen molar-refractivity contribution in [3.8, 4) is 11.4 Å². The number of fused-ring (bicyclic) bond motifs is 1. The topological polar surface area (TPSA) is 69.2 Å². The molecular weight excluding hydrogens is 357 g/mol. The van der Waals surface area contributed by atoms with Crippen LogP contribution < -0.4 is 4.90 Å². The van der Waals surface area contributed by atoms with E-state index < -0.39 is 5.97 Å². The smallest absolute Gasteiger partial charge is 0.308 e. The van der Waals surface area contributed by atoms with Crippen molar-refractivity contribution >= 4 is 34.3 Å². The van der Waals surface area contributed by atoms with E-state index in [4.69, 9.17) is 11.6 Å². The number of anilines is 1. The van der Waals surface area contributed by atoms with Crippen LogP contribution in [0.1, 0.15) is 12.8 Å². The quantitative estimate of drug-likeness (QED) is 0.717. The normalized spacial score (nSPS) is 17.6. The number of aromatic nitrogens is 2. The Labute approximate surface area is 154 Å². The van der Waals surface area contributed by atoms with Gasteiger partial charge in [-0.05, 0) is 49.2 Å². The summed E-state index contributed by atoms with van der Waals surface area (Å²) in [5, 5.41) is 9.82. The first-order valence-electron chi connectivity index (χ1n) is 8.44. The van der Waals surface area contributed by atoms with Gasteiger partial charge in [0.25, 0.3) is 0 Å². The molecule has 1 aromatic heterocycles. The van der Waals surface area contributed by atoms with Crippen molar-refractivity contribution in [1.82, 2.24) is 9.97 Å². The molecule has 7 heteroatoms. The average molecular weight is 374 g/mol. The van der Waals surface area contributed by atoms with E-state index >= 15 is 0 Å². The van der Waals surface area contributed by atoms with Gasteiger partial charge >= 0.3 is 5.97 Å². The molecule has 2 heterocycles. The Morgan fingerprint density at radius 2 is 2.15 bits per heavy atom. The second-order valence-electron chi connectivity index (χ2n) is 6.53. The molecule has 0 saturated carbocycles. The first-order chi connectivity index (χ1) is 12.5. The second-order valence-corrected chi connectivity index (χ2v) is 6.94. The van der Waals surface area contributed by atoms with Gasteiger partial charge in [0.05, 0.1) is 22.0 Å². The lowest BCUT2D eigenvalue weighted by Gasteiger charge is -2.32. The zero-order chi connectivity index (χ0) is 18.3. The monoisotopic (exact) mass is 373 g/mol. The Bertz CT molecular complexity index is 988. The Morgan fingerprint density at radius 1 is 1.31 bits per heavy atom. The number of carbonyl (C=O) groups is 1. The van der Waals surface area contributed by atoms with Crippen molar-refractivity contribution < 1.29 is 14.3 Å². The zero-order valence-corrected chi connectivity index (χ0v) is 14.6. The van der Waals surface area contributed by atoms with Crippen molar-refractivity contribution in [2.45, 2.75) is 12.8 Å². The molecule has 0 aliphatic carbocycles. The van der Waals surface area contributed by atoms with Crippen LogP contribution >= 0.6 is 11.6 Å². The minimum absolute atomic E-state index is 0.333. The molecule has 1 unspecified atom stereocenters. The number of piperidine rings is 1. The van der Waals surface area contributed by atoms with Crippen molar-refractivity contribution in [1.29, 1.82) is 0 Å². The van der Waals surface area contributed by atoms with Gasteiger partial charge < -0.3 is 15.0 Å². The molecule has 1 aliphatic heterocycles. The van der Waals surface area contributed by atoms with Gasteiger partial charge in [0.15, 0.2) is 0 Å². The maximum atomic E-state index is 13.4. The van der Waals surface area contributed by atoms with E-state index in [-0.39, 0.29) is 11.7 Å². The lowest BCUT2D eigenvalue weighted by Crippen LogP contribution is -2.38. The molecule has 3 aromatic rings. The number of carboxylic acids is 1. The Hall–Kier alpha value is -2.60. The van der Waals surface area contributed by atoms with E-state index in [0.717, 1.165) is 18.7 Å². The molecule has 2 aromatic carbocycles. The molecule has 0 amide bonds. The number of hydrogen-bond acceptors (Lipinski definition) is 3. The molecule has 0 radical (unpaired) electrons. The summed E-state index contributed by atoms with van der Waals surface area (Å²) in [6.45, 7) is 1.28. The Morgan fingerprint density at radius 3 is 2.96 bits per heavy atom. The summed E-state index contributed by atoms with van der Waals surface area (Å²) in [6.07, 6.45) is 1.53. The first-order valence-corrected chi connectivity index (χ1v) is 8.82. The standard InChI is InChI=1S/C19H17ClFN3O2/c20-15-5-4-13(24-7-1-2-11(10-24)19(25)26)9-14(15)18-22-16-6-3-12(21)8-17(16)23-18/h3-6,8-9,11H,1-2,7,10H2,(H,22,23)(H,25,26). The van der Waals surface area contributed by atoms with Gasteiger partial charge in [-0.1, -0.05) is 11.6 Å². The minimum Gasteiger partial charge on any atom is -0.481 e. The molecule has 1 saturated heterocycles. The number of aliphatic carboxylic acids is 1. The molecule has 0 spiro atoms. The summed E-state index contributed by atoms with van der Waals surface area (Å²) in [5.74, 6) is -0.898. The van der Waals surface area contributed by atoms with Gasteiger partial charge in [0.1, 0.15) is 11.6 Å². The summed E-state index contributed by atoms with van der Waals surface area (Å²) in [4.78, 5) is 21.0. The summed E-state index contributed by atoms with van der Waals surface area (Å²) in [6, 6.07) is 9.95. The number of H-pyrrole nitrogens is 1. The third-order valence-corrected chi connectivity index (χ3v) is 5.11. The van der Waals surface area contributed by atoms with E-state index in [1.165, 1.54) is 12.1 Å². The minimum atomic E-state index is -0.761. The highest BCUT2D eigenvalue weighted by atomic mass is 35.5. The van der Waals surface area contributed by atoms with Crippen LogP contribution in [0.25, 0.3) is 22.4 Å². The lowest BCUT2D eigenvalue weighted by molar-refractivity contribution is -0.141. The number of rotatable bonds is 3. The fraction of sp³-hybridized carbons (Fsp3) is 0.263. The third-order valence-electron chi connectivity index (χ3n) is 4.78. The number of imidazole rings is 1. The average Bonchev–Trinajstić information content (AvgIpc) is 3.05. The van der Waals surface area contributed by atoms with Crippen LogP contribution in [-0.2, 0) is 4.79 Å². The van der Waals surface area contributed by atoms with Crippen molar-refractivity contribution in [2.24, 2.45) is 5.92 Å². The summed E-state index contributed by atoms with van der Waals surface area (Å²) in [5.41, 5.74) is 2.87. The number of carboxylic acid groups (broad SMARTS) is 1. The molecule has 1 fully saturated rings. The molecule has 4 rings (SSSR count). The molecular formula is C19H17ClFN3O2. The Kier molecular flexibility index (Phi) is 4.28. The van der Waals surface area contributed by atoms with Crippen LogP contribution in [0.3, 0.4) is 0 Å². The molecule has 1 atom stereocenters. The first kappa shape index (κ1) is 16.8. The molecule has 1 aliphatic rings. The van der Waals surface area contributed by atoms with E-state index in [2.05, 4.69) is 14.9 Å². The van der Waals surface area contributed by atoms with Crippen molar-refractivity contribution in [3.63, 3.8) is 0 Å². The van der Waals surface area contributed by atoms with Crippen LogP contribution in [0.2, 0.25) is 5.02 Å².